The van der Waals surface area contributed by atoms with E-state index in [1.165, 1.54) is 0 Å². The Morgan fingerprint density at radius 2 is 0.400 bits per heavy atom. The van der Waals surface area contributed by atoms with Crippen molar-refractivity contribution >= 4 is 130 Å². The third-order valence-corrected chi connectivity index (χ3v) is 0. The second-order valence-electron chi connectivity index (χ2n) is 0.577. The molecule has 0 unspecified atom stereocenters. The molecule has 0 bridgehead atoms. The van der Waals surface area contributed by atoms with Gasteiger partial charge >= 0.3 is 168 Å². The maximum Gasteiger partial charge on any atom is -0.295 e. The van der Waals surface area contributed by atoms with Crippen molar-refractivity contribution in [3.63, 3.8) is 0 Å². The number of hydrogen-bond acceptors (Lipinski definition) is 12. The molecule has 0 fully saturated rings. The fourth-order valence-corrected chi connectivity index (χ4v) is 0. The maximum absolute atomic E-state index is 8.53. The van der Waals surface area contributed by atoms with Crippen LogP contribution in [0.15, 0.2) is 0 Å². The van der Waals surface area contributed by atoms with Crippen LogP contribution in [0.5, 0.6) is 0 Å². The van der Waals surface area contributed by atoms with Crippen molar-refractivity contribution in [2.75, 3.05) is 0 Å². The predicted molar refractivity (Wildman–Crippen MR) is 68.1 cm³/mol. The fraction of sp³-hybridized carbons (Fsp3) is 0. The summed E-state index contributed by atoms with van der Waals surface area (Å²) in [6.07, 6.45) is 0. The molecule has 0 saturated carbocycles. The van der Waals surface area contributed by atoms with Crippen LogP contribution in [0.2, 0.25) is 0 Å². The molecule has 12 nitrogen and oxygen atoms in total. The molecule has 0 rings (SSSR count). The molecular weight excluding hydrogens is 868 g/mol. The van der Waals surface area contributed by atoms with E-state index < -0.39 is 94.2 Å². The Morgan fingerprint density at radius 3 is 0.400 bits per heavy atom. The van der Waals surface area contributed by atoms with Crippen molar-refractivity contribution < 1.29 is 47.5 Å². The largest absolute Gasteiger partial charge is 0.295 e. The Labute approximate surface area is 175 Å². The molecule has 0 atom stereocenters. The molecule has 2 radical (unpaired) electrons. The minimum absolute atomic E-state index is 0. The summed E-state index contributed by atoms with van der Waals surface area (Å²) in [4.78, 5) is 0. The van der Waals surface area contributed by atoms with Gasteiger partial charge in [0.05, 0.1) is 0 Å². The fourth-order valence-electron chi connectivity index (χ4n) is 0. The molecule has 0 heterocycles. The molecule has 0 N–H and O–H groups in total. The Hall–Kier alpha value is 2.17. The molecule has 118 valence electrons. The molecule has 0 saturated heterocycles. The van der Waals surface area contributed by atoms with Gasteiger partial charge < -0.3 is 0 Å². The van der Waals surface area contributed by atoms with Gasteiger partial charge in [0, 0.05) is 0 Å². The van der Waals surface area contributed by atoms with E-state index in [-0.39, 0.29) is 36.1 Å². The topological polar surface area (TPSA) is 241 Å². The SMILES string of the molecule is [Bi+3].[O]=[GeH][O-].[O]=[GeH][O-].[O]=[GeH][O-].[O]=[GeH][O-].[O]=[GeH][O-].[O]=[GeH][O-].[PH6+3]. The maximum atomic E-state index is 8.53. The molecule has 0 aliphatic rings. The van der Waals surface area contributed by atoms with E-state index in [4.69, 9.17) is 47.5 Å². The zero-order valence-electron chi connectivity index (χ0n) is 8.81. The van der Waals surface area contributed by atoms with Crippen molar-refractivity contribution in [3.05, 3.63) is 0 Å². The van der Waals surface area contributed by atoms with Crippen LogP contribution in [-0.4, -0.2) is 120 Å². The van der Waals surface area contributed by atoms with Crippen LogP contribution in [0.25, 0.3) is 0 Å². The first kappa shape index (κ1) is 49.5. The van der Waals surface area contributed by atoms with E-state index in [1.807, 2.05) is 0 Å². The van der Waals surface area contributed by atoms with Crippen molar-refractivity contribution in [1.29, 1.82) is 0 Å². The van der Waals surface area contributed by atoms with Gasteiger partial charge in [0.25, 0.3) is 0 Å². The van der Waals surface area contributed by atoms with Gasteiger partial charge in [0.2, 0.25) is 0 Å². The molecule has 0 aliphatic carbocycles. The summed E-state index contributed by atoms with van der Waals surface area (Å²) in [5.41, 5.74) is 0. The molecular formula is H12BiGe6O12P. The van der Waals surface area contributed by atoms with Crippen LogP contribution in [0.4, 0.5) is 0 Å². The van der Waals surface area contributed by atoms with Gasteiger partial charge in [-0.3, -0.25) is 9.90 Å². The first-order valence-corrected chi connectivity index (χ1v) is 14.7. The molecule has 0 aromatic carbocycles. The summed E-state index contributed by atoms with van der Waals surface area (Å²) >= 11 is -13.1. The third kappa shape index (κ3) is 1570. The van der Waals surface area contributed by atoms with Crippen LogP contribution in [0, 0.1) is 0 Å². The predicted octanol–water partition coefficient (Wildman–Crippen LogP) is -12.9. The Bertz CT molecular complexity index is 119. The Kier molecular flexibility index (Phi) is 319. The van der Waals surface area contributed by atoms with Crippen molar-refractivity contribution in [3.8, 4) is 0 Å². The van der Waals surface area contributed by atoms with Gasteiger partial charge in [-0.05, 0) is 0 Å². The normalized spacial score (nSPS) is 3.60. The van der Waals surface area contributed by atoms with Gasteiger partial charge in [-0.25, -0.2) is 0 Å². The van der Waals surface area contributed by atoms with Crippen LogP contribution in [0.1, 0.15) is 0 Å². The Morgan fingerprint density at radius 1 is 0.400 bits per heavy atom. The quantitative estimate of drug-likeness (QED) is 0.163. The molecule has 0 aromatic heterocycles. The van der Waals surface area contributed by atoms with Gasteiger partial charge in [-0.1, -0.05) is 0 Å². The first-order valence-electron chi connectivity index (χ1n) is 2.83. The van der Waals surface area contributed by atoms with E-state index in [0.29, 0.717) is 0 Å². The van der Waals surface area contributed by atoms with E-state index in [0.717, 1.165) is 0 Å². The summed E-state index contributed by atoms with van der Waals surface area (Å²) in [7, 11) is 0. The first-order chi connectivity index (χ1) is 8.49. The standard InChI is InChI=1S/Bi.6GeHO2.H6P/c;6*2-1-3;/h;6*1H;1H6/q+3;6*-1;+3. The second kappa shape index (κ2) is 129. The van der Waals surface area contributed by atoms with Crippen LogP contribution in [-0.2, 0) is 22.7 Å². The van der Waals surface area contributed by atoms with Crippen LogP contribution in [0.3, 0.4) is 0 Å². The summed E-state index contributed by atoms with van der Waals surface area (Å²) in [6.45, 7) is 0. The van der Waals surface area contributed by atoms with Gasteiger partial charge in [-0.2, -0.15) is 0 Å². The zero-order valence-corrected chi connectivity index (χ0v) is 26.8. The molecule has 0 spiro atoms. The van der Waals surface area contributed by atoms with E-state index in [2.05, 4.69) is 0 Å². The summed E-state index contributed by atoms with van der Waals surface area (Å²) in [5, 5.41) is 0. The monoisotopic (exact) mass is 888 g/mol. The molecule has 0 aliphatic heterocycles. The third-order valence-electron chi connectivity index (χ3n) is 0. The van der Waals surface area contributed by atoms with Gasteiger partial charge in [-0.15, -0.1) is 0 Å². The average Bonchev–Trinajstić information content (AvgIpc) is 2.23. The molecule has 0 amide bonds. The van der Waals surface area contributed by atoms with Crippen molar-refractivity contribution in [1.82, 2.24) is 0 Å². The molecule has 20 heavy (non-hydrogen) atoms. The van der Waals surface area contributed by atoms with Crippen LogP contribution >= 0.6 is 9.90 Å². The average molecular weight is 880 g/mol. The minimum atomic E-state index is -2.19. The number of rotatable bonds is 0. The van der Waals surface area contributed by atoms with Gasteiger partial charge in [0.15, 0.2) is 0 Å². The molecule has 20 heteroatoms. The van der Waals surface area contributed by atoms with E-state index in [1.54, 1.807) is 0 Å². The number of hydrogen-bond donors (Lipinski definition) is 0. The van der Waals surface area contributed by atoms with Gasteiger partial charge in [0.1, 0.15) is 0 Å². The van der Waals surface area contributed by atoms with E-state index in [9.17, 15) is 0 Å². The summed E-state index contributed by atoms with van der Waals surface area (Å²) in [5.74, 6) is 0. The van der Waals surface area contributed by atoms with E-state index >= 15 is 0 Å². The second-order valence-corrected chi connectivity index (χ2v) is 3.00. The van der Waals surface area contributed by atoms with Crippen molar-refractivity contribution in [2.45, 2.75) is 0 Å². The minimum Gasteiger partial charge on any atom is -0.295 e. The van der Waals surface area contributed by atoms with Crippen LogP contribution < -0.4 is 24.8 Å². The Balaban J connectivity index is -0.0000000141. The zero-order chi connectivity index (χ0) is 16.2. The van der Waals surface area contributed by atoms with Crippen molar-refractivity contribution in [2.24, 2.45) is 0 Å². The smallest absolute Gasteiger partial charge is 0.295 e. The summed E-state index contributed by atoms with van der Waals surface area (Å²) in [6, 6.07) is 0. The summed E-state index contributed by atoms with van der Waals surface area (Å²) < 4.78 is 102. The molecule has 0 aromatic rings.